The van der Waals surface area contributed by atoms with Crippen molar-refractivity contribution >= 4 is 17.6 Å². The summed E-state index contributed by atoms with van der Waals surface area (Å²) >= 11 is 0. The first-order chi connectivity index (χ1) is 14.5. The zero-order chi connectivity index (χ0) is 21.3. The number of hydrogen-bond acceptors (Lipinski definition) is 7. The van der Waals surface area contributed by atoms with Crippen molar-refractivity contribution in [1.82, 2.24) is 35.5 Å². The molecular formula is C20H24N8O2. The number of aromatic nitrogens is 6. The molecule has 0 bridgehead atoms. The predicted molar refractivity (Wildman–Crippen MR) is 109 cm³/mol. The quantitative estimate of drug-likeness (QED) is 0.546. The molecule has 0 radical (unpaired) electrons. The van der Waals surface area contributed by atoms with Crippen LogP contribution in [0.2, 0.25) is 0 Å². The molecule has 156 valence electrons. The Morgan fingerprint density at radius 1 is 1.10 bits per heavy atom. The van der Waals surface area contributed by atoms with Crippen LogP contribution in [0.5, 0.6) is 0 Å². The van der Waals surface area contributed by atoms with Crippen molar-refractivity contribution in [2.45, 2.75) is 32.7 Å². The number of nitrogens with one attached hydrogen (secondary N) is 2. The Balaban J connectivity index is 1.44. The number of rotatable bonds is 9. The van der Waals surface area contributed by atoms with Crippen LogP contribution < -0.4 is 10.6 Å². The van der Waals surface area contributed by atoms with Crippen LogP contribution in [0.4, 0.5) is 5.82 Å². The van der Waals surface area contributed by atoms with Gasteiger partial charge in [-0.05, 0) is 43.0 Å². The number of amides is 2. The van der Waals surface area contributed by atoms with Gasteiger partial charge in [-0.1, -0.05) is 18.2 Å². The molecule has 0 saturated carbocycles. The third-order valence-corrected chi connectivity index (χ3v) is 4.45. The van der Waals surface area contributed by atoms with Crippen LogP contribution >= 0.6 is 0 Å². The number of carbonyl (C=O) groups excluding carboxylic acids is 2. The molecule has 1 unspecified atom stereocenters. The van der Waals surface area contributed by atoms with Crippen LogP contribution in [0, 0.1) is 5.92 Å². The molecule has 2 amide bonds. The lowest BCUT2D eigenvalue weighted by molar-refractivity contribution is -0.115. The van der Waals surface area contributed by atoms with Crippen molar-refractivity contribution in [3.63, 3.8) is 0 Å². The summed E-state index contributed by atoms with van der Waals surface area (Å²) in [5.74, 6) is 0.283. The van der Waals surface area contributed by atoms with Crippen LogP contribution in [-0.4, -0.2) is 49.0 Å². The molecule has 0 fully saturated rings. The zero-order valence-corrected chi connectivity index (χ0v) is 16.9. The van der Waals surface area contributed by atoms with E-state index >= 15 is 0 Å². The first kappa shape index (κ1) is 21.0. The predicted octanol–water partition coefficient (Wildman–Crippen LogP) is 1.27. The van der Waals surface area contributed by atoms with E-state index in [0.717, 1.165) is 18.5 Å². The van der Waals surface area contributed by atoms with Gasteiger partial charge < -0.3 is 10.6 Å². The van der Waals surface area contributed by atoms with Crippen molar-refractivity contribution in [2.75, 3.05) is 12.4 Å². The highest BCUT2D eigenvalue weighted by atomic mass is 16.2. The first-order valence-electron chi connectivity index (χ1n) is 9.68. The van der Waals surface area contributed by atoms with Gasteiger partial charge in [-0.2, -0.15) is 5.10 Å². The fourth-order valence-corrected chi connectivity index (χ4v) is 2.84. The Labute approximate surface area is 174 Å². The summed E-state index contributed by atoms with van der Waals surface area (Å²) in [6.07, 6.45) is 5.09. The van der Waals surface area contributed by atoms with E-state index in [1.54, 1.807) is 42.3 Å². The topological polar surface area (TPSA) is 128 Å². The molecule has 3 rings (SSSR count). The van der Waals surface area contributed by atoms with Crippen molar-refractivity contribution in [1.29, 1.82) is 0 Å². The maximum Gasteiger partial charge on any atom is 0.273 e. The Bertz CT molecular complexity index is 972. The number of anilines is 1. The molecular weight excluding hydrogens is 384 g/mol. The molecule has 3 aromatic heterocycles. The van der Waals surface area contributed by atoms with Crippen molar-refractivity contribution in [2.24, 2.45) is 5.92 Å². The molecule has 3 heterocycles. The molecule has 0 aliphatic carbocycles. The van der Waals surface area contributed by atoms with Crippen LogP contribution in [0.3, 0.4) is 0 Å². The van der Waals surface area contributed by atoms with E-state index in [2.05, 4.69) is 43.1 Å². The molecule has 0 saturated heterocycles. The van der Waals surface area contributed by atoms with E-state index in [0.29, 0.717) is 29.7 Å². The monoisotopic (exact) mass is 408 g/mol. The molecule has 10 heteroatoms. The van der Waals surface area contributed by atoms with Gasteiger partial charge in [-0.3, -0.25) is 19.3 Å². The van der Waals surface area contributed by atoms with E-state index < -0.39 is 0 Å². The third kappa shape index (κ3) is 6.16. The minimum Gasteiger partial charge on any atom is -0.354 e. The van der Waals surface area contributed by atoms with E-state index in [1.165, 1.54) is 0 Å². The second-order valence-corrected chi connectivity index (χ2v) is 7.00. The molecule has 0 aromatic carbocycles. The van der Waals surface area contributed by atoms with Gasteiger partial charge in [0.15, 0.2) is 11.5 Å². The summed E-state index contributed by atoms with van der Waals surface area (Å²) in [4.78, 5) is 27.7. The van der Waals surface area contributed by atoms with E-state index in [-0.39, 0.29) is 18.2 Å². The third-order valence-electron chi connectivity index (χ3n) is 4.45. The standard InChI is InChI=1S/C20H24N8O2/c1-14(12-28-13-17(25-27-28)20(30)21-2)6-7-15-8-9-18(26-24-15)23-19(29)11-16-5-3-4-10-22-16/h3-5,8-10,13-14H,6-7,11-12H2,1-2H3,(H,21,30)(H,23,26,29). The van der Waals surface area contributed by atoms with Crippen LogP contribution in [-0.2, 0) is 24.2 Å². The largest absolute Gasteiger partial charge is 0.354 e. The highest BCUT2D eigenvalue weighted by molar-refractivity contribution is 5.91. The number of carbonyl (C=O) groups is 2. The second kappa shape index (κ2) is 10.2. The molecule has 2 N–H and O–H groups in total. The van der Waals surface area contributed by atoms with Gasteiger partial charge in [-0.25, -0.2) is 0 Å². The Kier molecular flexibility index (Phi) is 7.14. The van der Waals surface area contributed by atoms with Gasteiger partial charge in [-0.15, -0.1) is 10.2 Å². The van der Waals surface area contributed by atoms with Gasteiger partial charge in [0.1, 0.15) is 0 Å². The smallest absolute Gasteiger partial charge is 0.273 e. The highest BCUT2D eigenvalue weighted by Gasteiger charge is 2.11. The Morgan fingerprint density at radius 3 is 2.67 bits per heavy atom. The van der Waals surface area contributed by atoms with Crippen LogP contribution in [0.15, 0.2) is 42.7 Å². The van der Waals surface area contributed by atoms with Gasteiger partial charge in [0.2, 0.25) is 5.91 Å². The number of aryl methyl sites for hydroxylation is 1. The summed E-state index contributed by atoms with van der Waals surface area (Å²) in [6.45, 7) is 2.75. The Hall–Kier alpha value is -3.69. The van der Waals surface area contributed by atoms with Crippen molar-refractivity contribution < 1.29 is 9.59 Å². The number of pyridine rings is 1. The Morgan fingerprint density at radius 2 is 1.97 bits per heavy atom. The summed E-state index contributed by atoms with van der Waals surface area (Å²) in [7, 11) is 1.56. The average Bonchev–Trinajstić information content (AvgIpc) is 3.21. The lowest BCUT2D eigenvalue weighted by Crippen LogP contribution is -2.18. The average molecular weight is 408 g/mol. The molecule has 0 aliphatic rings. The minimum absolute atomic E-state index is 0.186. The highest BCUT2D eigenvalue weighted by Crippen LogP contribution is 2.11. The molecule has 3 aromatic rings. The van der Waals surface area contributed by atoms with Crippen molar-refractivity contribution in [3.8, 4) is 0 Å². The zero-order valence-electron chi connectivity index (χ0n) is 16.9. The molecule has 1 atom stereocenters. The summed E-state index contributed by atoms with van der Waals surface area (Å²) in [5, 5.41) is 21.4. The SMILES string of the molecule is CNC(=O)c1cn(CC(C)CCc2ccc(NC(=O)Cc3ccccn3)nn2)nn1. The second-order valence-electron chi connectivity index (χ2n) is 7.00. The normalized spacial score (nSPS) is 11.7. The van der Waals surface area contributed by atoms with Gasteiger partial charge in [0.25, 0.3) is 5.91 Å². The summed E-state index contributed by atoms with van der Waals surface area (Å²) in [6, 6.07) is 9.05. The van der Waals surface area contributed by atoms with Gasteiger partial charge >= 0.3 is 0 Å². The van der Waals surface area contributed by atoms with Crippen LogP contribution in [0.1, 0.15) is 35.2 Å². The maximum absolute atomic E-state index is 12.1. The number of nitrogens with zero attached hydrogens (tertiary/aromatic N) is 6. The molecule has 10 nitrogen and oxygen atoms in total. The summed E-state index contributed by atoms with van der Waals surface area (Å²) in [5.41, 5.74) is 1.84. The molecule has 0 spiro atoms. The lowest BCUT2D eigenvalue weighted by atomic mass is 10.0. The van der Waals surface area contributed by atoms with Crippen LogP contribution in [0.25, 0.3) is 0 Å². The van der Waals surface area contributed by atoms with Crippen molar-refractivity contribution in [3.05, 3.63) is 59.8 Å². The fourth-order valence-electron chi connectivity index (χ4n) is 2.84. The maximum atomic E-state index is 12.1. The fraction of sp³-hybridized carbons (Fsp3) is 0.350. The first-order valence-corrected chi connectivity index (χ1v) is 9.68. The molecule has 0 aliphatic heterocycles. The van der Waals surface area contributed by atoms with E-state index in [9.17, 15) is 9.59 Å². The van der Waals surface area contributed by atoms with E-state index in [1.807, 2.05) is 12.1 Å². The van der Waals surface area contributed by atoms with Gasteiger partial charge in [0.05, 0.1) is 18.3 Å². The minimum atomic E-state index is -0.253. The number of hydrogen-bond donors (Lipinski definition) is 2. The summed E-state index contributed by atoms with van der Waals surface area (Å²) < 4.78 is 1.67. The lowest BCUT2D eigenvalue weighted by Gasteiger charge is -2.10. The van der Waals surface area contributed by atoms with Gasteiger partial charge in [0, 0.05) is 25.5 Å². The molecule has 30 heavy (non-hydrogen) atoms. The van der Waals surface area contributed by atoms with E-state index in [4.69, 9.17) is 0 Å².